The first-order chi connectivity index (χ1) is 10.2. The minimum atomic E-state index is -4.35. The van der Waals surface area contributed by atoms with Crippen LogP contribution in [0.1, 0.15) is 12.0 Å². The van der Waals surface area contributed by atoms with Gasteiger partial charge in [0.15, 0.2) is 5.96 Å². The Morgan fingerprint density at radius 3 is 2.27 bits per heavy atom. The summed E-state index contributed by atoms with van der Waals surface area (Å²) in [5.74, 6) is 1.30. The van der Waals surface area contributed by atoms with Crippen LogP contribution in [-0.2, 0) is 6.18 Å². The van der Waals surface area contributed by atoms with E-state index in [-0.39, 0.29) is 0 Å². The lowest BCUT2D eigenvalue weighted by Crippen LogP contribution is -2.35. The summed E-state index contributed by atoms with van der Waals surface area (Å²) in [6, 6.07) is 2.35. The summed E-state index contributed by atoms with van der Waals surface area (Å²) in [4.78, 5) is 12.1. The van der Waals surface area contributed by atoms with Gasteiger partial charge in [-0.25, -0.2) is 4.98 Å². The number of rotatable bonds is 5. The number of nitrogens with one attached hydrogen (secondary N) is 1. The van der Waals surface area contributed by atoms with Crippen molar-refractivity contribution in [2.24, 2.45) is 4.99 Å². The molecule has 0 aliphatic heterocycles. The Bertz CT molecular complexity index is 470. The molecule has 0 saturated carbocycles. The summed E-state index contributed by atoms with van der Waals surface area (Å²) in [7, 11) is 7.68. The Morgan fingerprint density at radius 2 is 1.82 bits per heavy atom. The van der Waals surface area contributed by atoms with Gasteiger partial charge in [0.05, 0.1) is 5.56 Å². The number of hydrogen-bond acceptors (Lipinski definition) is 3. The highest BCUT2D eigenvalue weighted by molar-refractivity contribution is 5.79. The monoisotopic (exact) mass is 317 g/mol. The number of nitrogens with zero attached hydrogens (tertiary/aromatic N) is 4. The molecule has 0 spiro atoms. The highest BCUT2D eigenvalue weighted by atomic mass is 19.4. The summed E-state index contributed by atoms with van der Waals surface area (Å²) >= 11 is 0. The van der Waals surface area contributed by atoms with Crippen LogP contribution in [-0.4, -0.2) is 62.0 Å². The largest absolute Gasteiger partial charge is 0.417 e. The number of aromatic nitrogens is 1. The molecule has 5 nitrogen and oxygen atoms in total. The van der Waals surface area contributed by atoms with Crippen molar-refractivity contribution in [3.8, 4) is 0 Å². The Balaban J connectivity index is 2.40. The molecule has 124 valence electrons. The lowest BCUT2D eigenvalue weighted by molar-refractivity contribution is -0.137. The summed E-state index contributed by atoms with van der Waals surface area (Å²) in [5, 5.41) is 2.98. The number of pyridine rings is 1. The number of alkyl halides is 3. The van der Waals surface area contributed by atoms with Crippen molar-refractivity contribution < 1.29 is 13.2 Å². The van der Waals surface area contributed by atoms with Gasteiger partial charge in [-0.05, 0) is 18.6 Å². The Kier molecular flexibility index (Phi) is 6.45. The zero-order valence-electron chi connectivity index (χ0n) is 13.3. The first kappa shape index (κ1) is 18.1. The molecule has 0 fully saturated rings. The molecule has 0 atom stereocenters. The molecular weight excluding hydrogens is 295 g/mol. The molecule has 1 rings (SSSR count). The van der Waals surface area contributed by atoms with Crippen molar-refractivity contribution in [3.63, 3.8) is 0 Å². The van der Waals surface area contributed by atoms with Gasteiger partial charge >= 0.3 is 6.18 Å². The second-order valence-corrected chi connectivity index (χ2v) is 5.18. The molecule has 0 aliphatic rings. The fraction of sp³-hybridized carbons (Fsp3) is 0.571. The van der Waals surface area contributed by atoms with Crippen LogP contribution in [0.4, 0.5) is 19.0 Å². The average molecular weight is 317 g/mol. The molecule has 0 amide bonds. The first-order valence-electron chi connectivity index (χ1n) is 6.88. The van der Waals surface area contributed by atoms with Crippen molar-refractivity contribution in [2.45, 2.75) is 12.6 Å². The van der Waals surface area contributed by atoms with E-state index in [1.54, 1.807) is 0 Å². The molecule has 0 aromatic carbocycles. The molecule has 0 bridgehead atoms. The third kappa shape index (κ3) is 5.79. The quantitative estimate of drug-likeness (QED) is 0.514. The van der Waals surface area contributed by atoms with E-state index in [9.17, 15) is 13.2 Å². The van der Waals surface area contributed by atoms with Crippen LogP contribution in [0.5, 0.6) is 0 Å². The van der Waals surface area contributed by atoms with Gasteiger partial charge in [-0.15, -0.1) is 0 Å². The summed E-state index contributed by atoms with van der Waals surface area (Å²) < 4.78 is 37.2. The molecule has 0 saturated heterocycles. The van der Waals surface area contributed by atoms with Gasteiger partial charge in [0.1, 0.15) is 5.82 Å². The van der Waals surface area contributed by atoms with Gasteiger partial charge in [-0.2, -0.15) is 13.2 Å². The van der Waals surface area contributed by atoms with Crippen LogP contribution in [0.2, 0.25) is 0 Å². The maximum absolute atomic E-state index is 12.4. The van der Waals surface area contributed by atoms with Gasteiger partial charge in [0.2, 0.25) is 0 Å². The van der Waals surface area contributed by atoms with Gasteiger partial charge < -0.3 is 15.1 Å². The van der Waals surface area contributed by atoms with Gasteiger partial charge in [-0.3, -0.25) is 4.99 Å². The van der Waals surface area contributed by atoms with Gasteiger partial charge in [0, 0.05) is 47.5 Å². The number of halogens is 3. The summed E-state index contributed by atoms with van der Waals surface area (Å²) in [6.45, 7) is 1.22. The fourth-order valence-corrected chi connectivity index (χ4v) is 1.82. The minimum absolute atomic E-state index is 0.428. The minimum Gasteiger partial charge on any atom is -0.370 e. The highest BCUT2D eigenvalue weighted by Gasteiger charge is 2.30. The molecule has 0 unspecified atom stereocenters. The van der Waals surface area contributed by atoms with Crippen LogP contribution in [0.25, 0.3) is 0 Å². The summed E-state index contributed by atoms with van der Waals surface area (Å²) in [6.07, 6.45) is -2.76. The van der Waals surface area contributed by atoms with Crippen molar-refractivity contribution in [1.29, 1.82) is 0 Å². The third-order valence-electron chi connectivity index (χ3n) is 2.79. The molecule has 22 heavy (non-hydrogen) atoms. The average Bonchev–Trinajstić information content (AvgIpc) is 2.41. The Morgan fingerprint density at radius 1 is 1.18 bits per heavy atom. The highest BCUT2D eigenvalue weighted by Crippen LogP contribution is 2.28. The number of hydrogen-bond donors (Lipinski definition) is 1. The van der Waals surface area contributed by atoms with Gasteiger partial charge in [0.25, 0.3) is 0 Å². The van der Waals surface area contributed by atoms with Crippen LogP contribution in [0.3, 0.4) is 0 Å². The SMILES string of the molecule is CN(C)C(=NCCCNc1ccc(C(F)(F)F)cn1)N(C)C. The molecule has 1 aromatic heterocycles. The molecule has 1 N–H and O–H groups in total. The Labute approximate surface area is 128 Å². The van der Waals surface area contributed by atoms with Crippen molar-refractivity contribution in [3.05, 3.63) is 23.9 Å². The van der Waals surface area contributed by atoms with Crippen molar-refractivity contribution >= 4 is 11.8 Å². The molecule has 0 aliphatic carbocycles. The zero-order chi connectivity index (χ0) is 16.8. The third-order valence-corrected chi connectivity index (χ3v) is 2.79. The smallest absolute Gasteiger partial charge is 0.370 e. The van der Waals surface area contributed by atoms with Crippen LogP contribution in [0.15, 0.2) is 23.3 Å². The van der Waals surface area contributed by atoms with Crippen molar-refractivity contribution in [1.82, 2.24) is 14.8 Å². The number of aliphatic imine (C=N–C) groups is 1. The lowest BCUT2D eigenvalue weighted by Gasteiger charge is -2.22. The van der Waals surface area contributed by atoms with Crippen LogP contribution >= 0.6 is 0 Å². The topological polar surface area (TPSA) is 43.8 Å². The first-order valence-corrected chi connectivity index (χ1v) is 6.88. The maximum Gasteiger partial charge on any atom is 0.417 e. The van der Waals surface area contributed by atoms with E-state index in [0.29, 0.717) is 18.9 Å². The second-order valence-electron chi connectivity index (χ2n) is 5.18. The van der Waals surface area contributed by atoms with E-state index < -0.39 is 11.7 Å². The second kappa shape index (κ2) is 7.86. The van der Waals surface area contributed by atoms with E-state index in [2.05, 4.69) is 15.3 Å². The summed E-state index contributed by atoms with van der Waals surface area (Å²) in [5.41, 5.74) is -0.746. The maximum atomic E-state index is 12.4. The normalized spacial score (nSPS) is 11.0. The van der Waals surface area contributed by atoms with E-state index in [0.717, 1.165) is 24.6 Å². The molecule has 8 heteroatoms. The number of guanidine groups is 1. The molecule has 1 aromatic rings. The van der Waals surface area contributed by atoms with E-state index in [4.69, 9.17) is 0 Å². The van der Waals surface area contributed by atoms with E-state index in [1.165, 1.54) is 6.07 Å². The Hall–Kier alpha value is -1.99. The molecule has 1 heterocycles. The lowest BCUT2D eigenvalue weighted by atomic mass is 10.3. The van der Waals surface area contributed by atoms with E-state index in [1.807, 2.05) is 38.0 Å². The fourth-order valence-electron chi connectivity index (χ4n) is 1.82. The van der Waals surface area contributed by atoms with Crippen molar-refractivity contribution in [2.75, 3.05) is 46.6 Å². The molecular formula is C14H22F3N5. The van der Waals surface area contributed by atoms with Crippen LogP contribution in [0, 0.1) is 0 Å². The predicted octanol–water partition coefficient (Wildman–Crippen LogP) is 2.38. The zero-order valence-corrected chi connectivity index (χ0v) is 13.3. The van der Waals surface area contributed by atoms with Gasteiger partial charge in [-0.1, -0.05) is 0 Å². The molecule has 0 radical (unpaired) electrons. The predicted molar refractivity (Wildman–Crippen MR) is 82.0 cm³/mol. The van der Waals surface area contributed by atoms with Crippen LogP contribution < -0.4 is 5.32 Å². The standard InChI is InChI=1S/C14H22F3N5/c1-21(2)13(22(3)4)19-9-5-8-18-12-7-6-11(10-20-12)14(15,16)17/h6-7,10H,5,8-9H2,1-4H3,(H,18,20). The number of anilines is 1. The van der Waals surface area contributed by atoms with E-state index >= 15 is 0 Å².